The van der Waals surface area contributed by atoms with Crippen LogP contribution >= 0.6 is 0 Å². The van der Waals surface area contributed by atoms with E-state index in [0.717, 1.165) is 53.8 Å². The lowest BCUT2D eigenvalue weighted by Gasteiger charge is -2.23. The number of halogens is 1. The molecule has 27 heavy (non-hydrogen) atoms. The van der Waals surface area contributed by atoms with E-state index in [9.17, 15) is 9.18 Å². The van der Waals surface area contributed by atoms with E-state index in [-0.39, 0.29) is 11.7 Å². The molecule has 1 aliphatic carbocycles. The van der Waals surface area contributed by atoms with E-state index in [2.05, 4.69) is 10.3 Å². The van der Waals surface area contributed by atoms with Gasteiger partial charge in [-0.1, -0.05) is 12.8 Å². The van der Waals surface area contributed by atoms with Gasteiger partial charge in [-0.25, -0.2) is 9.37 Å². The molecule has 1 aromatic heterocycles. The van der Waals surface area contributed by atoms with E-state index in [4.69, 9.17) is 5.73 Å². The molecule has 2 aromatic carbocycles. The highest BCUT2D eigenvalue weighted by atomic mass is 19.1. The van der Waals surface area contributed by atoms with Gasteiger partial charge in [-0.2, -0.15) is 0 Å². The van der Waals surface area contributed by atoms with Gasteiger partial charge in [-0.05, 0) is 55.7 Å². The topological polar surface area (TPSA) is 72.9 Å². The second-order valence-electron chi connectivity index (χ2n) is 7.47. The van der Waals surface area contributed by atoms with E-state index in [0.29, 0.717) is 5.52 Å². The van der Waals surface area contributed by atoms with Crippen LogP contribution in [0.4, 0.5) is 10.1 Å². The molecule has 0 unspecified atom stereocenters. The first-order valence-corrected chi connectivity index (χ1v) is 9.21. The summed E-state index contributed by atoms with van der Waals surface area (Å²) >= 11 is 0. The van der Waals surface area contributed by atoms with Gasteiger partial charge in [0.25, 0.3) is 0 Å². The first kappa shape index (κ1) is 17.7. The summed E-state index contributed by atoms with van der Waals surface area (Å²) in [6, 6.07) is 10.4. The number of aryl methyl sites for hydroxylation is 2. The molecule has 1 aliphatic rings. The number of hydrogen-bond donors (Lipinski definition) is 2. The number of hydrogen-bond acceptors (Lipinski definition) is 3. The first-order chi connectivity index (χ1) is 12.9. The maximum atomic E-state index is 13.5. The van der Waals surface area contributed by atoms with Gasteiger partial charge in [-0.3, -0.25) is 4.79 Å². The SMILES string of the molecule is Cc1cc(-c2nc3cc(F)ccc3n2C)ccc1NC(=O)C1(N)CCCC1. The molecular weight excluding hydrogens is 343 g/mol. The van der Waals surface area contributed by atoms with Crippen molar-refractivity contribution in [1.29, 1.82) is 0 Å². The molecule has 6 heteroatoms. The second kappa shape index (κ2) is 6.46. The Balaban J connectivity index is 1.64. The molecule has 0 spiro atoms. The summed E-state index contributed by atoms with van der Waals surface area (Å²) < 4.78 is 15.4. The minimum absolute atomic E-state index is 0.117. The second-order valence-corrected chi connectivity index (χ2v) is 7.47. The molecule has 0 bridgehead atoms. The monoisotopic (exact) mass is 366 g/mol. The summed E-state index contributed by atoms with van der Waals surface area (Å²) in [5.41, 5.74) is 9.57. The fourth-order valence-electron chi connectivity index (χ4n) is 3.85. The van der Waals surface area contributed by atoms with Crippen molar-refractivity contribution in [3.63, 3.8) is 0 Å². The largest absolute Gasteiger partial charge is 0.327 e. The summed E-state index contributed by atoms with van der Waals surface area (Å²) in [7, 11) is 1.91. The van der Waals surface area contributed by atoms with Crippen LogP contribution in [-0.2, 0) is 11.8 Å². The van der Waals surface area contributed by atoms with E-state index in [1.54, 1.807) is 6.07 Å². The maximum Gasteiger partial charge on any atom is 0.244 e. The van der Waals surface area contributed by atoms with Crippen LogP contribution in [0, 0.1) is 12.7 Å². The smallest absolute Gasteiger partial charge is 0.244 e. The molecule has 3 aromatic rings. The molecular formula is C21H23FN4O. The summed E-state index contributed by atoms with van der Waals surface area (Å²) in [5, 5.41) is 2.98. The molecule has 0 radical (unpaired) electrons. The van der Waals surface area contributed by atoms with E-state index in [1.165, 1.54) is 12.1 Å². The van der Waals surface area contributed by atoms with Crippen LogP contribution < -0.4 is 11.1 Å². The number of carbonyl (C=O) groups is 1. The predicted molar refractivity (Wildman–Crippen MR) is 105 cm³/mol. The third-order valence-corrected chi connectivity index (χ3v) is 5.52. The Morgan fingerprint density at radius 3 is 2.67 bits per heavy atom. The fourth-order valence-corrected chi connectivity index (χ4v) is 3.85. The number of nitrogens with zero attached hydrogens (tertiary/aromatic N) is 2. The zero-order valence-corrected chi connectivity index (χ0v) is 15.6. The zero-order chi connectivity index (χ0) is 19.2. The molecule has 3 N–H and O–H groups in total. The maximum absolute atomic E-state index is 13.5. The Bertz CT molecular complexity index is 1030. The van der Waals surface area contributed by atoms with E-state index in [1.807, 2.05) is 36.7 Å². The molecule has 1 saturated carbocycles. The van der Waals surface area contributed by atoms with Crippen molar-refractivity contribution in [2.24, 2.45) is 12.8 Å². The van der Waals surface area contributed by atoms with Crippen LogP contribution in [-0.4, -0.2) is 21.0 Å². The highest BCUT2D eigenvalue weighted by molar-refractivity contribution is 5.99. The number of rotatable bonds is 3. The minimum Gasteiger partial charge on any atom is -0.327 e. The highest BCUT2D eigenvalue weighted by Crippen LogP contribution is 2.31. The van der Waals surface area contributed by atoms with Crippen LogP contribution in [0.15, 0.2) is 36.4 Å². The molecule has 1 heterocycles. The van der Waals surface area contributed by atoms with Gasteiger partial charge in [0.15, 0.2) is 0 Å². The average molecular weight is 366 g/mol. The van der Waals surface area contributed by atoms with Crippen molar-refractivity contribution in [2.45, 2.75) is 38.1 Å². The minimum atomic E-state index is -0.757. The van der Waals surface area contributed by atoms with Gasteiger partial charge in [-0.15, -0.1) is 0 Å². The zero-order valence-electron chi connectivity index (χ0n) is 15.6. The number of anilines is 1. The van der Waals surface area contributed by atoms with Gasteiger partial charge in [0, 0.05) is 24.4 Å². The molecule has 0 saturated heterocycles. The molecule has 5 nitrogen and oxygen atoms in total. The number of benzene rings is 2. The number of carbonyl (C=O) groups excluding carboxylic acids is 1. The van der Waals surface area contributed by atoms with Crippen LogP contribution in [0.1, 0.15) is 31.2 Å². The Hall–Kier alpha value is -2.73. The molecule has 0 atom stereocenters. The number of amides is 1. The lowest BCUT2D eigenvalue weighted by atomic mass is 9.97. The quantitative estimate of drug-likeness (QED) is 0.738. The van der Waals surface area contributed by atoms with Crippen LogP contribution in [0.2, 0.25) is 0 Å². The summed E-state index contributed by atoms with van der Waals surface area (Å²) in [6.07, 6.45) is 3.45. The van der Waals surface area contributed by atoms with Gasteiger partial charge in [0.2, 0.25) is 5.91 Å². The molecule has 1 amide bonds. The average Bonchev–Trinajstić information content (AvgIpc) is 3.21. The first-order valence-electron chi connectivity index (χ1n) is 9.21. The standard InChI is InChI=1S/C21H23FN4O/c1-13-11-14(19-24-17-12-15(22)6-8-18(17)26(19)2)5-7-16(13)25-20(27)21(23)9-3-4-10-21/h5-8,11-12H,3-4,9-10,23H2,1-2H3,(H,25,27). The number of nitrogens with one attached hydrogen (secondary N) is 1. The van der Waals surface area contributed by atoms with Crippen LogP contribution in [0.25, 0.3) is 22.4 Å². The Morgan fingerprint density at radius 2 is 1.96 bits per heavy atom. The molecule has 140 valence electrons. The summed E-state index contributed by atoms with van der Waals surface area (Å²) in [4.78, 5) is 17.1. The van der Waals surface area contributed by atoms with Crippen molar-refractivity contribution >= 4 is 22.6 Å². The van der Waals surface area contributed by atoms with Gasteiger partial charge < -0.3 is 15.6 Å². The fraction of sp³-hybridized carbons (Fsp3) is 0.333. The lowest BCUT2D eigenvalue weighted by Crippen LogP contribution is -2.48. The predicted octanol–water partition coefficient (Wildman–Crippen LogP) is 3.90. The van der Waals surface area contributed by atoms with Gasteiger partial charge in [0.1, 0.15) is 11.6 Å². The Kier molecular flexibility index (Phi) is 4.23. The highest BCUT2D eigenvalue weighted by Gasteiger charge is 2.37. The summed E-state index contributed by atoms with van der Waals surface area (Å²) in [5.74, 6) is 0.334. The van der Waals surface area contributed by atoms with Crippen LogP contribution in [0.5, 0.6) is 0 Å². The van der Waals surface area contributed by atoms with Crippen molar-refractivity contribution in [3.8, 4) is 11.4 Å². The lowest BCUT2D eigenvalue weighted by molar-refractivity contribution is -0.121. The normalized spacial score (nSPS) is 16.0. The van der Waals surface area contributed by atoms with Crippen molar-refractivity contribution in [3.05, 3.63) is 47.8 Å². The molecule has 1 fully saturated rings. The Morgan fingerprint density at radius 1 is 1.22 bits per heavy atom. The third kappa shape index (κ3) is 3.10. The van der Waals surface area contributed by atoms with E-state index < -0.39 is 5.54 Å². The molecule has 0 aliphatic heterocycles. The number of aromatic nitrogens is 2. The number of fused-ring (bicyclic) bond motifs is 1. The number of imidazole rings is 1. The number of nitrogens with two attached hydrogens (primary N) is 1. The Labute approximate surface area is 157 Å². The summed E-state index contributed by atoms with van der Waals surface area (Å²) in [6.45, 7) is 1.94. The molecule has 4 rings (SSSR count). The van der Waals surface area contributed by atoms with Crippen molar-refractivity contribution < 1.29 is 9.18 Å². The van der Waals surface area contributed by atoms with Crippen molar-refractivity contribution in [2.75, 3.05) is 5.32 Å². The van der Waals surface area contributed by atoms with Gasteiger partial charge >= 0.3 is 0 Å². The third-order valence-electron chi connectivity index (χ3n) is 5.52. The van der Waals surface area contributed by atoms with Gasteiger partial charge in [0.05, 0.1) is 16.6 Å². The van der Waals surface area contributed by atoms with Crippen LogP contribution in [0.3, 0.4) is 0 Å². The van der Waals surface area contributed by atoms with Crippen molar-refractivity contribution in [1.82, 2.24) is 9.55 Å². The van der Waals surface area contributed by atoms with E-state index >= 15 is 0 Å².